The molecule has 0 aliphatic rings. The van der Waals surface area contributed by atoms with Gasteiger partial charge in [-0.25, -0.2) is 0 Å². The van der Waals surface area contributed by atoms with Gasteiger partial charge in [0.1, 0.15) is 0 Å². The first kappa shape index (κ1) is 11.5. The molecule has 3 nitrogen and oxygen atoms in total. The summed E-state index contributed by atoms with van der Waals surface area (Å²) in [6.45, 7) is 0. The minimum Gasteiger partial charge on any atom is -0.327 e. The summed E-state index contributed by atoms with van der Waals surface area (Å²) in [5.74, 6) is -1.22. The summed E-state index contributed by atoms with van der Waals surface area (Å²) in [4.78, 5) is 0. The lowest BCUT2D eigenvalue weighted by Gasteiger charge is -2.29. The number of benzene rings is 1. The van der Waals surface area contributed by atoms with Gasteiger partial charge in [-0.2, -0.15) is 0 Å². The number of ether oxygens (including phenoxy) is 3. The lowest BCUT2D eigenvalue weighted by molar-refractivity contribution is -0.364. The van der Waals surface area contributed by atoms with Gasteiger partial charge in [-0.3, -0.25) is 0 Å². The van der Waals surface area contributed by atoms with Crippen LogP contribution in [0.2, 0.25) is 5.02 Å². The molecule has 78 valence electrons. The summed E-state index contributed by atoms with van der Waals surface area (Å²) >= 11 is 6.00. The molecular formula is C10H13ClO3. The van der Waals surface area contributed by atoms with Gasteiger partial charge in [0.15, 0.2) is 0 Å². The van der Waals surface area contributed by atoms with E-state index in [0.717, 1.165) is 0 Å². The molecule has 1 aromatic rings. The van der Waals surface area contributed by atoms with Crippen molar-refractivity contribution >= 4 is 11.6 Å². The molecular weight excluding hydrogens is 204 g/mol. The largest absolute Gasteiger partial charge is 0.327 e. The second-order valence-corrected chi connectivity index (χ2v) is 3.06. The highest BCUT2D eigenvalue weighted by molar-refractivity contribution is 6.31. The van der Waals surface area contributed by atoms with Crippen LogP contribution in [0.5, 0.6) is 0 Å². The van der Waals surface area contributed by atoms with E-state index in [4.69, 9.17) is 25.8 Å². The molecule has 0 heterocycles. The zero-order valence-corrected chi connectivity index (χ0v) is 9.17. The summed E-state index contributed by atoms with van der Waals surface area (Å²) in [6, 6.07) is 7.21. The van der Waals surface area contributed by atoms with E-state index in [-0.39, 0.29) is 0 Å². The Morgan fingerprint density at radius 3 is 1.93 bits per heavy atom. The first-order chi connectivity index (χ1) is 6.70. The number of hydrogen-bond donors (Lipinski definition) is 0. The molecule has 0 spiro atoms. The second kappa shape index (κ2) is 4.75. The Balaban J connectivity index is 3.17. The van der Waals surface area contributed by atoms with Crippen LogP contribution >= 0.6 is 11.6 Å². The highest BCUT2D eigenvalue weighted by atomic mass is 35.5. The van der Waals surface area contributed by atoms with Crippen molar-refractivity contribution in [1.29, 1.82) is 0 Å². The fraction of sp³-hybridized carbons (Fsp3) is 0.400. The molecule has 0 saturated carbocycles. The zero-order valence-electron chi connectivity index (χ0n) is 8.41. The molecule has 0 fully saturated rings. The summed E-state index contributed by atoms with van der Waals surface area (Å²) < 4.78 is 15.5. The maximum atomic E-state index is 6.00. The lowest BCUT2D eigenvalue weighted by atomic mass is 10.2. The van der Waals surface area contributed by atoms with Crippen molar-refractivity contribution < 1.29 is 14.2 Å². The van der Waals surface area contributed by atoms with E-state index >= 15 is 0 Å². The topological polar surface area (TPSA) is 27.7 Å². The average Bonchev–Trinajstić information content (AvgIpc) is 2.24. The van der Waals surface area contributed by atoms with E-state index in [1.807, 2.05) is 12.1 Å². The van der Waals surface area contributed by atoms with Crippen LogP contribution in [0.3, 0.4) is 0 Å². The Hall–Kier alpha value is -0.610. The van der Waals surface area contributed by atoms with E-state index in [1.54, 1.807) is 12.1 Å². The first-order valence-electron chi connectivity index (χ1n) is 4.10. The third kappa shape index (κ3) is 1.91. The maximum absolute atomic E-state index is 6.00. The molecule has 1 aromatic carbocycles. The number of methoxy groups -OCH3 is 3. The summed E-state index contributed by atoms with van der Waals surface area (Å²) in [5, 5.41) is 0.540. The molecule has 14 heavy (non-hydrogen) atoms. The Morgan fingerprint density at radius 1 is 1.00 bits per heavy atom. The summed E-state index contributed by atoms with van der Waals surface area (Å²) in [7, 11) is 4.49. The molecule has 0 unspecified atom stereocenters. The Bertz CT molecular complexity index is 289. The van der Waals surface area contributed by atoms with Gasteiger partial charge >= 0.3 is 5.97 Å². The normalized spacial score (nSPS) is 11.7. The highest BCUT2D eigenvalue weighted by Crippen LogP contribution is 2.31. The van der Waals surface area contributed by atoms with Gasteiger partial charge in [-0.05, 0) is 12.1 Å². The fourth-order valence-electron chi connectivity index (χ4n) is 1.29. The van der Waals surface area contributed by atoms with Crippen molar-refractivity contribution in [3.63, 3.8) is 0 Å². The Kier molecular flexibility index (Phi) is 3.89. The molecule has 0 atom stereocenters. The van der Waals surface area contributed by atoms with E-state index in [9.17, 15) is 0 Å². The van der Waals surface area contributed by atoms with Gasteiger partial charge in [0.05, 0.1) is 10.6 Å². The van der Waals surface area contributed by atoms with Crippen LogP contribution in [-0.4, -0.2) is 21.3 Å². The van der Waals surface area contributed by atoms with Crippen LogP contribution in [0.25, 0.3) is 0 Å². The summed E-state index contributed by atoms with van der Waals surface area (Å²) in [5.41, 5.74) is 0.647. The lowest BCUT2D eigenvalue weighted by Crippen LogP contribution is -2.33. The monoisotopic (exact) mass is 216 g/mol. The van der Waals surface area contributed by atoms with E-state index in [0.29, 0.717) is 10.6 Å². The molecule has 0 saturated heterocycles. The Morgan fingerprint density at radius 2 is 1.50 bits per heavy atom. The predicted molar refractivity (Wildman–Crippen MR) is 54.2 cm³/mol. The molecule has 0 N–H and O–H groups in total. The first-order valence-corrected chi connectivity index (χ1v) is 4.48. The number of halogens is 1. The van der Waals surface area contributed by atoms with Crippen LogP contribution < -0.4 is 0 Å². The van der Waals surface area contributed by atoms with Gasteiger partial charge in [0.2, 0.25) is 0 Å². The molecule has 0 aromatic heterocycles. The minimum absolute atomic E-state index is 0.540. The number of rotatable bonds is 4. The van der Waals surface area contributed by atoms with Crippen LogP contribution in [0.4, 0.5) is 0 Å². The van der Waals surface area contributed by atoms with Crippen molar-refractivity contribution in [2.24, 2.45) is 0 Å². The van der Waals surface area contributed by atoms with Crippen molar-refractivity contribution in [3.8, 4) is 0 Å². The van der Waals surface area contributed by atoms with E-state index < -0.39 is 5.97 Å². The van der Waals surface area contributed by atoms with Crippen LogP contribution in [0.15, 0.2) is 24.3 Å². The molecule has 0 aliphatic carbocycles. The van der Waals surface area contributed by atoms with Crippen molar-refractivity contribution in [1.82, 2.24) is 0 Å². The SMILES string of the molecule is COC(OC)(OC)c1ccccc1Cl. The molecule has 4 heteroatoms. The highest BCUT2D eigenvalue weighted by Gasteiger charge is 2.34. The van der Waals surface area contributed by atoms with Gasteiger partial charge in [-0.1, -0.05) is 23.7 Å². The third-order valence-electron chi connectivity index (χ3n) is 2.01. The number of hydrogen-bond acceptors (Lipinski definition) is 3. The van der Waals surface area contributed by atoms with Crippen molar-refractivity contribution in [2.75, 3.05) is 21.3 Å². The van der Waals surface area contributed by atoms with Crippen LogP contribution in [0, 0.1) is 0 Å². The molecule has 1 rings (SSSR count). The minimum atomic E-state index is -1.22. The zero-order chi connectivity index (χ0) is 10.6. The van der Waals surface area contributed by atoms with Crippen molar-refractivity contribution in [2.45, 2.75) is 5.97 Å². The molecule has 0 bridgehead atoms. The maximum Gasteiger partial charge on any atom is 0.312 e. The van der Waals surface area contributed by atoms with Gasteiger partial charge < -0.3 is 14.2 Å². The fourth-order valence-corrected chi connectivity index (χ4v) is 1.54. The molecule has 0 aliphatic heterocycles. The average molecular weight is 217 g/mol. The van der Waals surface area contributed by atoms with Crippen molar-refractivity contribution in [3.05, 3.63) is 34.9 Å². The van der Waals surface area contributed by atoms with Gasteiger partial charge in [-0.15, -0.1) is 0 Å². The summed E-state index contributed by atoms with van der Waals surface area (Å²) in [6.07, 6.45) is 0. The van der Waals surface area contributed by atoms with Gasteiger partial charge in [0.25, 0.3) is 0 Å². The Labute approximate surface area is 88.5 Å². The molecule has 0 amide bonds. The van der Waals surface area contributed by atoms with E-state index in [2.05, 4.69) is 0 Å². The third-order valence-corrected chi connectivity index (χ3v) is 2.34. The molecule has 0 radical (unpaired) electrons. The van der Waals surface area contributed by atoms with Crippen LogP contribution in [-0.2, 0) is 20.2 Å². The quantitative estimate of drug-likeness (QED) is 0.724. The van der Waals surface area contributed by atoms with Gasteiger partial charge in [0, 0.05) is 21.3 Å². The predicted octanol–water partition coefficient (Wildman–Crippen LogP) is 2.39. The smallest absolute Gasteiger partial charge is 0.312 e. The standard InChI is InChI=1S/C10H13ClO3/c1-12-10(13-2,14-3)8-6-4-5-7-9(8)11/h4-7H,1-3H3. The second-order valence-electron chi connectivity index (χ2n) is 2.65. The van der Waals surface area contributed by atoms with E-state index in [1.165, 1.54) is 21.3 Å². The van der Waals surface area contributed by atoms with Crippen LogP contribution in [0.1, 0.15) is 5.56 Å².